The molecular formula is C14H22N2OS. The van der Waals surface area contributed by atoms with E-state index in [4.69, 9.17) is 0 Å². The van der Waals surface area contributed by atoms with Crippen molar-refractivity contribution in [3.8, 4) is 0 Å². The Balaban J connectivity index is 1.95. The molecule has 1 aliphatic carbocycles. The first kappa shape index (κ1) is 13.8. The summed E-state index contributed by atoms with van der Waals surface area (Å²) in [4.78, 5) is 4.52. The zero-order chi connectivity index (χ0) is 13.2. The molecule has 100 valence electrons. The summed E-state index contributed by atoms with van der Waals surface area (Å²) in [7, 11) is 0. The van der Waals surface area contributed by atoms with Crippen LogP contribution in [0.3, 0.4) is 0 Å². The van der Waals surface area contributed by atoms with Gasteiger partial charge in [-0.1, -0.05) is 0 Å². The fourth-order valence-corrected chi connectivity index (χ4v) is 3.08. The quantitative estimate of drug-likeness (QED) is 0.776. The Morgan fingerprint density at radius 1 is 1.44 bits per heavy atom. The first-order valence-electron chi connectivity index (χ1n) is 6.47. The summed E-state index contributed by atoms with van der Waals surface area (Å²) in [5.74, 6) is 0.843. The summed E-state index contributed by atoms with van der Waals surface area (Å²) >= 11 is 1.72. The van der Waals surface area contributed by atoms with E-state index < -0.39 is 0 Å². The molecule has 0 aromatic carbocycles. The molecule has 0 radical (unpaired) electrons. The van der Waals surface area contributed by atoms with Crippen molar-refractivity contribution in [2.75, 3.05) is 12.4 Å². The molecule has 2 N–H and O–H groups in total. The smallest absolute Gasteiger partial charge is 0.0966 e. The van der Waals surface area contributed by atoms with E-state index in [0.29, 0.717) is 6.04 Å². The molecule has 0 bridgehead atoms. The Morgan fingerprint density at radius 2 is 2.17 bits per heavy atom. The summed E-state index contributed by atoms with van der Waals surface area (Å²) in [6, 6.07) is 4.79. The second kappa shape index (κ2) is 5.59. The monoisotopic (exact) mass is 266 g/mol. The molecule has 1 saturated carbocycles. The number of aryl methyl sites for hydroxylation is 2. The molecule has 1 aromatic rings. The number of pyridine rings is 1. The molecule has 1 heterocycles. The first-order valence-corrected chi connectivity index (χ1v) is 7.46. The standard InChI is InChI=1S/C14H22N2OS/c1-10-6-11(2)15-13(7-10)18-9-14(3,8-17)16-12-4-5-12/h6-7,12,16-17H,4-5,8-9H2,1-3H3. The summed E-state index contributed by atoms with van der Waals surface area (Å²) in [6.07, 6.45) is 2.48. The van der Waals surface area contributed by atoms with Crippen molar-refractivity contribution in [2.45, 2.75) is 50.2 Å². The van der Waals surface area contributed by atoms with E-state index in [1.165, 1.54) is 18.4 Å². The molecule has 1 unspecified atom stereocenters. The van der Waals surface area contributed by atoms with Crippen LogP contribution >= 0.6 is 11.8 Å². The molecule has 0 spiro atoms. The zero-order valence-electron chi connectivity index (χ0n) is 11.4. The lowest BCUT2D eigenvalue weighted by molar-refractivity contribution is 0.190. The van der Waals surface area contributed by atoms with Crippen LogP contribution in [-0.4, -0.2) is 34.0 Å². The average molecular weight is 266 g/mol. The Bertz CT molecular complexity index is 400. The van der Waals surface area contributed by atoms with Crippen LogP contribution in [0.2, 0.25) is 0 Å². The van der Waals surface area contributed by atoms with Crippen molar-refractivity contribution in [2.24, 2.45) is 0 Å². The Hall–Kier alpha value is -0.580. The highest BCUT2D eigenvalue weighted by Crippen LogP contribution is 2.27. The van der Waals surface area contributed by atoms with Gasteiger partial charge in [0.2, 0.25) is 0 Å². The van der Waals surface area contributed by atoms with Gasteiger partial charge in [-0.25, -0.2) is 4.98 Å². The number of rotatable bonds is 6. The van der Waals surface area contributed by atoms with Gasteiger partial charge in [-0.2, -0.15) is 0 Å². The Labute approximate surface area is 113 Å². The third-order valence-corrected chi connectivity index (χ3v) is 4.38. The lowest BCUT2D eigenvalue weighted by Gasteiger charge is -2.28. The van der Waals surface area contributed by atoms with Crippen molar-refractivity contribution in [3.63, 3.8) is 0 Å². The van der Waals surface area contributed by atoms with Gasteiger partial charge in [0, 0.05) is 23.0 Å². The van der Waals surface area contributed by atoms with Crippen molar-refractivity contribution in [1.82, 2.24) is 10.3 Å². The highest BCUT2D eigenvalue weighted by atomic mass is 32.2. The fraction of sp³-hybridized carbons (Fsp3) is 0.643. The van der Waals surface area contributed by atoms with E-state index in [1.54, 1.807) is 11.8 Å². The van der Waals surface area contributed by atoms with Gasteiger partial charge in [0.25, 0.3) is 0 Å². The lowest BCUT2D eigenvalue weighted by Crippen LogP contribution is -2.49. The fourth-order valence-electron chi connectivity index (χ4n) is 1.96. The third kappa shape index (κ3) is 3.97. The molecule has 0 amide bonds. The maximum absolute atomic E-state index is 9.55. The van der Waals surface area contributed by atoms with Crippen LogP contribution < -0.4 is 5.32 Å². The van der Waals surface area contributed by atoms with E-state index in [0.717, 1.165) is 16.5 Å². The maximum Gasteiger partial charge on any atom is 0.0966 e. The Kier molecular flexibility index (Phi) is 4.30. The van der Waals surface area contributed by atoms with E-state index in [2.05, 4.69) is 36.3 Å². The molecule has 1 aliphatic rings. The second-order valence-corrected chi connectivity index (χ2v) is 6.55. The molecule has 3 nitrogen and oxygen atoms in total. The minimum absolute atomic E-state index is 0.168. The maximum atomic E-state index is 9.55. The second-order valence-electron chi connectivity index (χ2n) is 5.55. The summed E-state index contributed by atoms with van der Waals surface area (Å²) < 4.78 is 0. The molecule has 1 aromatic heterocycles. The van der Waals surface area contributed by atoms with Gasteiger partial charge < -0.3 is 10.4 Å². The van der Waals surface area contributed by atoms with Crippen LogP contribution in [0.15, 0.2) is 17.2 Å². The zero-order valence-corrected chi connectivity index (χ0v) is 12.2. The minimum Gasteiger partial charge on any atom is -0.394 e. The van der Waals surface area contributed by atoms with Gasteiger partial charge in [-0.3, -0.25) is 0 Å². The van der Waals surface area contributed by atoms with Gasteiger partial charge in [-0.15, -0.1) is 11.8 Å². The first-order chi connectivity index (χ1) is 8.50. The number of hydrogen-bond acceptors (Lipinski definition) is 4. The lowest BCUT2D eigenvalue weighted by atomic mass is 10.1. The van der Waals surface area contributed by atoms with Crippen LogP contribution in [0, 0.1) is 13.8 Å². The van der Waals surface area contributed by atoms with E-state index >= 15 is 0 Å². The predicted octanol–water partition coefficient (Wildman–Crippen LogP) is 2.29. The van der Waals surface area contributed by atoms with Gasteiger partial charge in [-0.05, 0) is 51.3 Å². The van der Waals surface area contributed by atoms with Crippen LogP contribution in [0.1, 0.15) is 31.0 Å². The molecule has 4 heteroatoms. The topological polar surface area (TPSA) is 45.2 Å². The van der Waals surface area contributed by atoms with Gasteiger partial charge >= 0.3 is 0 Å². The normalized spacial score (nSPS) is 18.7. The van der Waals surface area contributed by atoms with Crippen LogP contribution in [0.4, 0.5) is 0 Å². The predicted molar refractivity (Wildman–Crippen MR) is 76.1 cm³/mol. The van der Waals surface area contributed by atoms with E-state index in [1.807, 2.05) is 6.92 Å². The number of hydrogen-bond donors (Lipinski definition) is 2. The number of aromatic nitrogens is 1. The van der Waals surface area contributed by atoms with Crippen LogP contribution in [-0.2, 0) is 0 Å². The van der Waals surface area contributed by atoms with Crippen molar-refractivity contribution in [1.29, 1.82) is 0 Å². The largest absolute Gasteiger partial charge is 0.394 e. The minimum atomic E-state index is -0.203. The van der Waals surface area contributed by atoms with E-state index in [-0.39, 0.29) is 12.1 Å². The number of nitrogens with one attached hydrogen (secondary N) is 1. The third-order valence-electron chi connectivity index (χ3n) is 3.09. The number of thioether (sulfide) groups is 1. The van der Waals surface area contributed by atoms with E-state index in [9.17, 15) is 5.11 Å². The molecule has 1 atom stereocenters. The van der Waals surface area contributed by atoms with Crippen molar-refractivity contribution in [3.05, 3.63) is 23.4 Å². The molecule has 0 aliphatic heterocycles. The van der Waals surface area contributed by atoms with Crippen molar-refractivity contribution < 1.29 is 5.11 Å². The molecule has 2 rings (SSSR count). The summed E-state index contributed by atoms with van der Waals surface area (Å²) in [5.41, 5.74) is 2.09. The van der Waals surface area contributed by atoms with Crippen molar-refractivity contribution >= 4 is 11.8 Å². The summed E-state index contributed by atoms with van der Waals surface area (Å²) in [5, 5.41) is 14.1. The van der Waals surface area contributed by atoms with Crippen LogP contribution in [0.5, 0.6) is 0 Å². The molecule has 18 heavy (non-hydrogen) atoms. The molecule has 1 fully saturated rings. The SMILES string of the molecule is Cc1cc(C)nc(SCC(C)(CO)NC2CC2)c1. The average Bonchev–Trinajstić information content (AvgIpc) is 3.09. The van der Waals surface area contributed by atoms with Gasteiger partial charge in [0.1, 0.15) is 0 Å². The Morgan fingerprint density at radius 3 is 2.72 bits per heavy atom. The van der Waals surface area contributed by atoms with Crippen LogP contribution in [0.25, 0.3) is 0 Å². The highest BCUT2D eigenvalue weighted by Gasteiger charge is 2.32. The molecular weight excluding hydrogens is 244 g/mol. The highest BCUT2D eigenvalue weighted by molar-refractivity contribution is 7.99. The number of aliphatic hydroxyl groups excluding tert-OH is 1. The molecule has 0 saturated heterocycles. The van der Waals surface area contributed by atoms with Gasteiger partial charge in [0.15, 0.2) is 0 Å². The number of nitrogens with zero attached hydrogens (tertiary/aromatic N) is 1. The number of aliphatic hydroxyl groups is 1. The summed E-state index contributed by atoms with van der Waals surface area (Å²) in [6.45, 7) is 6.36. The van der Waals surface area contributed by atoms with Gasteiger partial charge in [0.05, 0.1) is 11.6 Å².